The van der Waals surface area contributed by atoms with Gasteiger partial charge in [0.05, 0.1) is 12.6 Å². The molecule has 0 aliphatic carbocycles. The average molecular weight is 501 g/mol. The Balaban J connectivity index is 3.70. The maximum Gasteiger partial charge on any atom is 0.389 e. The lowest BCUT2D eigenvalue weighted by Crippen LogP contribution is -2.79. The number of methoxy groups -OCH3 is 2. The Hall–Kier alpha value is -2.45. The van der Waals surface area contributed by atoms with Crippen molar-refractivity contribution < 1.29 is 60.8 Å². The highest BCUT2D eigenvalue weighted by Crippen LogP contribution is 2.44. The van der Waals surface area contributed by atoms with Crippen LogP contribution in [0, 0.1) is 0 Å². The normalized spacial score (nSPS) is 27.6. The molecule has 1 aliphatic heterocycles. The second-order valence-electron chi connectivity index (χ2n) is 7.61. The van der Waals surface area contributed by atoms with E-state index in [1.165, 1.54) is 4.90 Å². The third kappa shape index (κ3) is 7.27. The minimum atomic E-state index is -4.45. The molecule has 0 amide bonds. The molecule has 0 saturated carbocycles. The van der Waals surface area contributed by atoms with Crippen LogP contribution in [0.4, 0.5) is 13.2 Å². The molecule has 0 radical (unpaired) electrons. The highest BCUT2D eigenvalue weighted by molar-refractivity contribution is 5.69. The number of nitrogens with zero attached hydrogens (tertiary/aromatic N) is 1. The molecule has 0 aromatic rings. The van der Waals surface area contributed by atoms with Gasteiger partial charge < -0.3 is 28.4 Å². The first-order chi connectivity index (χ1) is 15.6. The van der Waals surface area contributed by atoms with Gasteiger partial charge in [0.1, 0.15) is 6.61 Å². The van der Waals surface area contributed by atoms with Gasteiger partial charge in [-0.15, -0.1) is 0 Å². The van der Waals surface area contributed by atoms with E-state index in [1.54, 1.807) is 0 Å². The minimum absolute atomic E-state index is 0.268. The van der Waals surface area contributed by atoms with Crippen molar-refractivity contribution >= 4 is 23.9 Å². The summed E-state index contributed by atoms with van der Waals surface area (Å²) < 4.78 is 70.5. The van der Waals surface area contributed by atoms with Crippen LogP contribution in [0.1, 0.15) is 40.5 Å². The van der Waals surface area contributed by atoms with Gasteiger partial charge in [-0.25, -0.2) is 0 Å². The number of rotatable bonds is 10. The Morgan fingerprint density at radius 1 is 0.912 bits per heavy atom. The SMILES string of the molecule is CO[C@]1(OC(C)=O)CN(CCCC(F)(F)F)[C@H](COC(C)=O)[C@@H](OC(C)=O)[C@]1(OC)OC(C)=O. The first-order valence-corrected chi connectivity index (χ1v) is 10.2. The van der Waals surface area contributed by atoms with Gasteiger partial charge in [-0.2, -0.15) is 13.2 Å². The smallest absolute Gasteiger partial charge is 0.389 e. The van der Waals surface area contributed by atoms with Gasteiger partial charge in [0.15, 0.2) is 6.10 Å². The lowest BCUT2D eigenvalue weighted by atomic mass is 9.86. The fourth-order valence-electron chi connectivity index (χ4n) is 3.86. The average Bonchev–Trinajstić information content (AvgIpc) is 2.67. The van der Waals surface area contributed by atoms with Gasteiger partial charge >= 0.3 is 35.8 Å². The van der Waals surface area contributed by atoms with Crippen molar-refractivity contribution in [1.29, 1.82) is 0 Å². The predicted molar refractivity (Wildman–Crippen MR) is 106 cm³/mol. The molecule has 34 heavy (non-hydrogen) atoms. The first kappa shape index (κ1) is 29.6. The molecule has 1 saturated heterocycles. The fourth-order valence-corrected chi connectivity index (χ4v) is 3.86. The van der Waals surface area contributed by atoms with Crippen LogP contribution >= 0.6 is 0 Å². The molecule has 14 heteroatoms. The predicted octanol–water partition coefficient (Wildman–Crippen LogP) is 1.32. The quantitative estimate of drug-likeness (QED) is 0.244. The molecule has 1 heterocycles. The van der Waals surface area contributed by atoms with Crippen molar-refractivity contribution in [1.82, 2.24) is 4.90 Å². The zero-order valence-electron chi connectivity index (χ0n) is 19.9. The Morgan fingerprint density at radius 3 is 1.91 bits per heavy atom. The number of esters is 4. The monoisotopic (exact) mass is 501 g/mol. The number of ether oxygens (including phenoxy) is 6. The van der Waals surface area contributed by atoms with Gasteiger partial charge in [-0.1, -0.05) is 0 Å². The third-order valence-electron chi connectivity index (χ3n) is 5.03. The standard InChI is InChI=1S/C20H30F3NO10/c1-12(25)31-10-16-17(32-13(2)26)20(30-6,34-15(4)28)18(29-5,33-14(3)27)11-24(16)9-7-8-19(21,22)23/h16-17H,7-11H2,1-6H3/t16-,17-,18+,20+/m1/s1. The molecule has 11 nitrogen and oxygen atoms in total. The molecule has 4 atom stereocenters. The van der Waals surface area contributed by atoms with Crippen LogP contribution in [-0.4, -0.2) is 92.6 Å². The number of piperidine rings is 1. The zero-order valence-corrected chi connectivity index (χ0v) is 19.9. The van der Waals surface area contributed by atoms with Crippen LogP contribution < -0.4 is 0 Å². The maximum absolute atomic E-state index is 12.8. The summed E-state index contributed by atoms with van der Waals surface area (Å²) >= 11 is 0. The van der Waals surface area contributed by atoms with E-state index in [-0.39, 0.29) is 6.54 Å². The second kappa shape index (κ2) is 11.8. The van der Waals surface area contributed by atoms with Crippen molar-refractivity contribution in [2.24, 2.45) is 0 Å². The van der Waals surface area contributed by atoms with E-state index in [1.807, 2.05) is 0 Å². The molecule has 0 spiro atoms. The molecule has 1 rings (SSSR count). The van der Waals surface area contributed by atoms with Crippen molar-refractivity contribution in [2.45, 2.75) is 70.4 Å². The zero-order chi connectivity index (χ0) is 26.3. The van der Waals surface area contributed by atoms with Gasteiger partial charge in [-0.05, 0) is 13.0 Å². The molecule has 1 aliphatic rings. The summed E-state index contributed by atoms with van der Waals surface area (Å²) in [7, 11) is 2.16. The van der Waals surface area contributed by atoms with Crippen LogP contribution in [0.2, 0.25) is 0 Å². The highest BCUT2D eigenvalue weighted by atomic mass is 19.4. The van der Waals surface area contributed by atoms with Crippen LogP contribution in [0.5, 0.6) is 0 Å². The molecular formula is C20H30F3NO10. The lowest BCUT2D eigenvalue weighted by Gasteiger charge is -2.56. The number of halogens is 3. The van der Waals surface area contributed by atoms with Crippen LogP contribution in [-0.2, 0) is 47.6 Å². The number of hydrogen-bond donors (Lipinski definition) is 0. The lowest BCUT2D eigenvalue weighted by molar-refractivity contribution is -0.422. The van der Waals surface area contributed by atoms with Crippen molar-refractivity contribution in [3.63, 3.8) is 0 Å². The van der Waals surface area contributed by atoms with Crippen LogP contribution in [0.3, 0.4) is 0 Å². The minimum Gasteiger partial charge on any atom is -0.464 e. The summed E-state index contributed by atoms with van der Waals surface area (Å²) in [6.07, 6.45) is -7.65. The summed E-state index contributed by atoms with van der Waals surface area (Å²) in [4.78, 5) is 48.9. The number of alkyl halides is 3. The van der Waals surface area contributed by atoms with E-state index in [2.05, 4.69) is 0 Å². The highest BCUT2D eigenvalue weighted by Gasteiger charge is 2.71. The van der Waals surface area contributed by atoms with E-state index in [0.717, 1.165) is 41.9 Å². The Kier molecular flexibility index (Phi) is 10.3. The summed E-state index contributed by atoms with van der Waals surface area (Å²) in [5, 5.41) is 0. The van der Waals surface area contributed by atoms with Crippen LogP contribution in [0.25, 0.3) is 0 Å². The fraction of sp³-hybridized carbons (Fsp3) is 0.800. The molecule has 1 fully saturated rings. The number of likely N-dealkylation sites (tertiary alicyclic amines) is 1. The summed E-state index contributed by atoms with van der Waals surface area (Å²) in [5.74, 6) is -8.15. The molecule has 196 valence electrons. The Morgan fingerprint density at radius 2 is 1.50 bits per heavy atom. The van der Waals surface area contributed by atoms with Crippen molar-refractivity contribution in [3.8, 4) is 0 Å². The summed E-state index contributed by atoms with van der Waals surface area (Å²) in [5.41, 5.74) is 0. The third-order valence-corrected chi connectivity index (χ3v) is 5.03. The van der Waals surface area contributed by atoms with Crippen molar-refractivity contribution in [2.75, 3.05) is 33.9 Å². The number of hydrogen-bond acceptors (Lipinski definition) is 11. The van der Waals surface area contributed by atoms with E-state index < -0.39 is 79.8 Å². The van der Waals surface area contributed by atoms with E-state index >= 15 is 0 Å². The number of carbonyl (C=O) groups is 4. The van der Waals surface area contributed by atoms with Crippen molar-refractivity contribution in [3.05, 3.63) is 0 Å². The first-order valence-electron chi connectivity index (χ1n) is 10.2. The van der Waals surface area contributed by atoms with E-state index in [4.69, 9.17) is 28.4 Å². The van der Waals surface area contributed by atoms with E-state index in [0.29, 0.717) is 0 Å². The molecular weight excluding hydrogens is 471 g/mol. The van der Waals surface area contributed by atoms with Gasteiger partial charge in [-0.3, -0.25) is 24.1 Å². The summed E-state index contributed by atoms with van der Waals surface area (Å²) in [6.45, 7) is 2.93. The van der Waals surface area contributed by atoms with Gasteiger partial charge in [0, 0.05) is 48.3 Å². The maximum atomic E-state index is 12.8. The molecule has 0 unspecified atom stereocenters. The van der Waals surface area contributed by atoms with Crippen LogP contribution in [0.15, 0.2) is 0 Å². The second-order valence-corrected chi connectivity index (χ2v) is 7.61. The molecule has 0 N–H and O–H groups in total. The largest absolute Gasteiger partial charge is 0.464 e. The Bertz CT molecular complexity index is 761. The molecule has 0 aromatic heterocycles. The summed E-state index contributed by atoms with van der Waals surface area (Å²) in [6, 6.07) is -1.17. The molecule has 0 aromatic carbocycles. The molecule has 0 bridgehead atoms. The van der Waals surface area contributed by atoms with E-state index in [9.17, 15) is 32.3 Å². The topological polar surface area (TPSA) is 127 Å². The van der Waals surface area contributed by atoms with Gasteiger partial charge in [0.2, 0.25) is 0 Å². The van der Waals surface area contributed by atoms with Gasteiger partial charge in [0.25, 0.3) is 5.79 Å². The Labute approximate surface area is 194 Å². The number of carbonyl (C=O) groups excluding carboxylic acids is 4.